The average Bonchev–Trinajstić information content (AvgIpc) is 2.29. The van der Waals surface area contributed by atoms with Crippen LogP contribution in [0.4, 0.5) is 0 Å². The molecule has 0 saturated heterocycles. The highest BCUT2D eigenvalue weighted by Crippen LogP contribution is 2.47. The van der Waals surface area contributed by atoms with Crippen LogP contribution in [0.2, 0.25) is 0 Å². The molecule has 5 heteroatoms. The van der Waals surface area contributed by atoms with Crippen LogP contribution < -0.4 is 0 Å². The summed E-state index contributed by atoms with van der Waals surface area (Å²) in [6, 6.07) is 3.05. The fourth-order valence-electron chi connectivity index (χ4n) is 1.84. The van der Waals surface area contributed by atoms with Crippen molar-refractivity contribution < 1.29 is 4.52 Å². The van der Waals surface area contributed by atoms with Crippen LogP contribution in [-0.4, -0.2) is 41.1 Å². The lowest BCUT2D eigenvalue weighted by molar-refractivity contribution is 0.232. The summed E-state index contributed by atoms with van der Waals surface area (Å²) >= 11 is 0. The number of nitriles is 1. The zero-order valence-corrected chi connectivity index (χ0v) is 13.6. The van der Waals surface area contributed by atoms with Gasteiger partial charge in [-0.2, -0.15) is 5.26 Å². The first kappa shape index (κ1) is 17.8. The van der Waals surface area contributed by atoms with Gasteiger partial charge in [0.25, 0.3) is 0 Å². The summed E-state index contributed by atoms with van der Waals surface area (Å²) in [7, 11) is -0.763. The molecule has 0 aromatic heterocycles. The third-order valence-electron chi connectivity index (χ3n) is 2.70. The van der Waals surface area contributed by atoms with E-state index in [1.807, 2.05) is 0 Å². The van der Waals surface area contributed by atoms with Gasteiger partial charge in [0.05, 0.1) is 19.1 Å². The van der Waals surface area contributed by atoms with Gasteiger partial charge in [-0.3, -0.25) is 0 Å². The van der Waals surface area contributed by atoms with E-state index in [4.69, 9.17) is 9.79 Å². The summed E-state index contributed by atoms with van der Waals surface area (Å²) in [6.45, 7) is 15.6. The molecule has 0 saturated carbocycles. The minimum Gasteiger partial charge on any atom is -0.330 e. The predicted octanol–water partition coefficient (Wildman–Crippen LogP) is 3.60. The zero-order chi connectivity index (χ0) is 14.1. The number of hydrogen-bond acceptors (Lipinski definition) is 4. The van der Waals surface area contributed by atoms with Crippen molar-refractivity contribution in [2.24, 2.45) is 0 Å². The summed E-state index contributed by atoms with van der Waals surface area (Å²) in [5.41, 5.74) is 0. The van der Waals surface area contributed by atoms with E-state index in [2.05, 4.69) is 57.0 Å². The van der Waals surface area contributed by atoms with Crippen LogP contribution in [0.25, 0.3) is 0 Å². The Bertz CT molecular complexity index is 237. The standard InChI is InChI=1S/C13H28N3OP/c1-7-15(12(3)4)18(17-11-9-10-14)16(8-2)13(5)6/h12-13H,7-9,11H2,1-6H3. The Morgan fingerprint density at radius 1 is 1.06 bits per heavy atom. The maximum atomic E-state index is 8.64. The first-order valence-corrected chi connectivity index (χ1v) is 7.99. The van der Waals surface area contributed by atoms with Gasteiger partial charge in [0, 0.05) is 25.2 Å². The highest BCUT2D eigenvalue weighted by atomic mass is 31.2. The topological polar surface area (TPSA) is 39.5 Å². The first-order valence-electron chi connectivity index (χ1n) is 6.82. The van der Waals surface area contributed by atoms with E-state index >= 15 is 0 Å². The van der Waals surface area contributed by atoms with Crippen molar-refractivity contribution in [3.8, 4) is 6.07 Å². The molecule has 0 aromatic carbocycles. The monoisotopic (exact) mass is 273 g/mol. The molecule has 0 amide bonds. The Labute approximate surface area is 114 Å². The third kappa shape index (κ3) is 5.63. The SMILES string of the molecule is CCN(C(C)C)P(OCCC#N)N(CC)C(C)C. The Morgan fingerprint density at radius 3 is 1.78 bits per heavy atom. The minimum absolute atomic E-state index is 0.455. The van der Waals surface area contributed by atoms with Gasteiger partial charge in [-0.15, -0.1) is 0 Å². The predicted molar refractivity (Wildman–Crippen MR) is 78.1 cm³/mol. The van der Waals surface area contributed by atoms with Crippen LogP contribution in [-0.2, 0) is 4.52 Å². The van der Waals surface area contributed by atoms with E-state index in [-0.39, 0.29) is 0 Å². The van der Waals surface area contributed by atoms with E-state index in [1.165, 1.54) is 0 Å². The summed E-state index contributed by atoms with van der Waals surface area (Å²) < 4.78 is 10.8. The second kappa shape index (κ2) is 9.69. The van der Waals surface area contributed by atoms with Gasteiger partial charge >= 0.3 is 0 Å². The first-order chi connectivity index (χ1) is 8.49. The molecule has 0 spiro atoms. The molecule has 106 valence electrons. The molecule has 0 heterocycles. The van der Waals surface area contributed by atoms with Crippen LogP contribution in [0.5, 0.6) is 0 Å². The number of nitrogens with zero attached hydrogens (tertiary/aromatic N) is 3. The highest BCUT2D eigenvalue weighted by Gasteiger charge is 2.28. The van der Waals surface area contributed by atoms with E-state index in [9.17, 15) is 0 Å². The van der Waals surface area contributed by atoms with Gasteiger partial charge in [0.2, 0.25) is 0 Å². The van der Waals surface area contributed by atoms with Crippen molar-refractivity contribution in [2.75, 3.05) is 19.7 Å². The van der Waals surface area contributed by atoms with Gasteiger partial charge < -0.3 is 4.52 Å². The quantitative estimate of drug-likeness (QED) is 0.475. The molecule has 0 atom stereocenters. The van der Waals surface area contributed by atoms with E-state index in [1.54, 1.807) is 0 Å². The number of rotatable bonds is 9. The lowest BCUT2D eigenvalue weighted by Gasteiger charge is -2.41. The molecule has 4 nitrogen and oxygen atoms in total. The summed E-state index contributed by atoms with van der Waals surface area (Å²) in [4.78, 5) is 0. The van der Waals surface area contributed by atoms with Crippen molar-refractivity contribution in [3.63, 3.8) is 0 Å². The van der Waals surface area contributed by atoms with Gasteiger partial charge in [0.1, 0.15) is 0 Å². The van der Waals surface area contributed by atoms with Crippen LogP contribution in [0, 0.1) is 11.3 Å². The van der Waals surface area contributed by atoms with E-state index in [0.29, 0.717) is 25.1 Å². The molecule has 0 rings (SSSR count). The Kier molecular flexibility index (Phi) is 9.59. The van der Waals surface area contributed by atoms with Crippen LogP contribution in [0.1, 0.15) is 48.0 Å². The minimum atomic E-state index is -0.763. The van der Waals surface area contributed by atoms with Gasteiger partial charge in [-0.25, -0.2) is 9.34 Å². The Morgan fingerprint density at radius 2 is 1.50 bits per heavy atom. The molecule has 18 heavy (non-hydrogen) atoms. The molecule has 0 fully saturated rings. The van der Waals surface area contributed by atoms with Crippen LogP contribution in [0.3, 0.4) is 0 Å². The Balaban J connectivity index is 4.83. The second-order valence-corrected chi connectivity index (χ2v) is 6.48. The summed E-state index contributed by atoms with van der Waals surface area (Å²) in [5, 5.41) is 8.64. The van der Waals surface area contributed by atoms with Crippen molar-refractivity contribution in [1.29, 1.82) is 5.26 Å². The average molecular weight is 273 g/mol. The van der Waals surface area contributed by atoms with Crippen LogP contribution >= 0.6 is 8.45 Å². The fraction of sp³-hybridized carbons (Fsp3) is 0.923. The third-order valence-corrected chi connectivity index (χ3v) is 5.48. The molecule has 0 aliphatic heterocycles. The molecule has 0 N–H and O–H groups in total. The van der Waals surface area contributed by atoms with Crippen molar-refractivity contribution in [2.45, 2.75) is 60.0 Å². The van der Waals surface area contributed by atoms with Crippen molar-refractivity contribution in [1.82, 2.24) is 9.34 Å². The normalized spacial score (nSPS) is 12.1. The largest absolute Gasteiger partial charge is 0.330 e. The molecule has 0 bridgehead atoms. The lowest BCUT2D eigenvalue weighted by Crippen LogP contribution is -2.37. The summed E-state index contributed by atoms with van der Waals surface area (Å²) in [5.74, 6) is 0. The van der Waals surface area contributed by atoms with E-state index < -0.39 is 8.45 Å². The maximum Gasteiger partial charge on any atom is 0.188 e. The molecule has 0 aliphatic rings. The highest BCUT2D eigenvalue weighted by molar-refractivity contribution is 7.47. The zero-order valence-electron chi connectivity index (χ0n) is 12.7. The van der Waals surface area contributed by atoms with Crippen LogP contribution in [0.15, 0.2) is 0 Å². The molecule has 0 radical (unpaired) electrons. The molecular formula is C13H28N3OP. The molecule has 0 aromatic rings. The molecular weight excluding hydrogens is 245 g/mol. The molecule has 0 unspecified atom stereocenters. The van der Waals surface area contributed by atoms with Crippen molar-refractivity contribution >= 4 is 8.45 Å². The fourth-order valence-corrected chi connectivity index (χ4v) is 3.96. The van der Waals surface area contributed by atoms with Gasteiger partial charge in [0.15, 0.2) is 8.45 Å². The summed E-state index contributed by atoms with van der Waals surface area (Å²) in [6.07, 6.45) is 0.462. The number of hydrogen-bond donors (Lipinski definition) is 0. The smallest absolute Gasteiger partial charge is 0.188 e. The van der Waals surface area contributed by atoms with Gasteiger partial charge in [-0.05, 0) is 27.7 Å². The molecule has 0 aliphatic carbocycles. The maximum absolute atomic E-state index is 8.64. The lowest BCUT2D eigenvalue weighted by atomic mass is 10.4. The van der Waals surface area contributed by atoms with Crippen molar-refractivity contribution in [3.05, 3.63) is 0 Å². The Hall–Kier alpha value is -0.200. The van der Waals surface area contributed by atoms with E-state index in [0.717, 1.165) is 13.1 Å². The van der Waals surface area contributed by atoms with Gasteiger partial charge in [-0.1, -0.05) is 13.8 Å². The second-order valence-electron chi connectivity index (χ2n) is 4.69.